The number of nitrogens with zero attached hydrogens (tertiary/aromatic N) is 1. The third-order valence-electron chi connectivity index (χ3n) is 2.75. The molecule has 6 nitrogen and oxygen atoms in total. The zero-order chi connectivity index (χ0) is 13.3. The summed E-state index contributed by atoms with van der Waals surface area (Å²) in [5.41, 5.74) is 0.658. The van der Waals surface area contributed by atoms with Crippen LogP contribution >= 0.6 is 11.8 Å². The van der Waals surface area contributed by atoms with Gasteiger partial charge in [0.05, 0.1) is 5.88 Å². The minimum atomic E-state index is -1.01. The van der Waals surface area contributed by atoms with Gasteiger partial charge in [-0.1, -0.05) is 0 Å². The van der Waals surface area contributed by atoms with Gasteiger partial charge in [0.2, 0.25) is 0 Å². The van der Waals surface area contributed by atoms with E-state index in [1.165, 1.54) is 35.8 Å². The van der Waals surface area contributed by atoms with Crippen LogP contribution in [-0.2, 0) is 4.79 Å². The fourth-order valence-electron chi connectivity index (χ4n) is 1.72. The lowest BCUT2D eigenvalue weighted by Gasteiger charge is -2.19. The second kappa shape index (κ2) is 4.85. The first-order chi connectivity index (χ1) is 8.50. The molecule has 2 heterocycles. The summed E-state index contributed by atoms with van der Waals surface area (Å²) >= 11 is 1.40. The number of thioether (sulfide) groups is 1. The molecule has 1 aliphatic heterocycles. The van der Waals surface area contributed by atoms with Crippen molar-refractivity contribution in [2.24, 2.45) is 0 Å². The molecule has 1 fully saturated rings. The summed E-state index contributed by atoms with van der Waals surface area (Å²) in [6, 6.07) is 0.651. The van der Waals surface area contributed by atoms with Crippen LogP contribution in [0, 0.1) is 0 Å². The Hall–Kier alpha value is -1.76. The van der Waals surface area contributed by atoms with Gasteiger partial charge in [-0.3, -0.25) is 9.59 Å². The Labute approximate surface area is 107 Å². The van der Waals surface area contributed by atoms with Crippen LogP contribution in [0.5, 0.6) is 0 Å². The Morgan fingerprint density at radius 1 is 1.50 bits per heavy atom. The van der Waals surface area contributed by atoms with Gasteiger partial charge < -0.3 is 15.0 Å². The lowest BCUT2D eigenvalue weighted by atomic mass is 10.2. The number of carbonyl (C=O) groups is 3. The van der Waals surface area contributed by atoms with Crippen molar-refractivity contribution in [3.8, 4) is 0 Å². The number of carbonyl (C=O) groups excluding carboxylic acids is 2. The van der Waals surface area contributed by atoms with E-state index in [0.29, 0.717) is 17.2 Å². The molecule has 1 aromatic heterocycles. The third kappa shape index (κ3) is 2.26. The molecule has 1 amide bonds. The molecule has 96 valence electrons. The molecule has 2 N–H and O–H groups in total. The van der Waals surface area contributed by atoms with Gasteiger partial charge >= 0.3 is 5.97 Å². The molecule has 1 aliphatic rings. The molecule has 0 saturated carbocycles. The maximum absolute atomic E-state index is 12.1. The number of rotatable bonds is 3. The minimum Gasteiger partial charge on any atom is -0.480 e. The van der Waals surface area contributed by atoms with Crippen molar-refractivity contribution in [3.63, 3.8) is 0 Å². The molecule has 7 heteroatoms. The molecule has 2 rings (SSSR count). The zero-order valence-corrected chi connectivity index (χ0v) is 10.5. The van der Waals surface area contributed by atoms with Crippen LogP contribution in [0.4, 0.5) is 0 Å². The van der Waals surface area contributed by atoms with Gasteiger partial charge in [-0.15, -0.1) is 11.8 Å². The van der Waals surface area contributed by atoms with Gasteiger partial charge in [0.1, 0.15) is 11.7 Å². The highest BCUT2D eigenvalue weighted by Crippen LogP contribution is 2.23. The number of carboxylic acid groups (broad SMARTS) is 1. The second-order valence-electron chi connectivity index (χ2n) is 3.99. The maximum atomic E-state index is 12.1. The summed E-state index contributed by atoms with van der Waals surface area (Å²) in [5, 5.41) is 9.00. The van der Waals surface area contributed by atoms with Crippen LogP contribution in [0.3, 0.4) is 0 Å². The van der Waals surface area contributed by atoms with E-state index in [0.717, 1.165) is 0 Å². The van der Waals surface area contributed by atoms with Crippen LogP contribution < -0.4 is 0 Å². The molecule has 1 aromatic rings. The average molecular weight is 268 g/mol. The van der Waals surface area contributed by atoms with Gasteiger partial charge in [0.15, 0.2) is 5.78 Å². The average Bonchev–Trinajstić information content (AvgIpc) is 2.97. The Bertz CT molecular complexity index is 511. The number of Topliss-reactive ketones (excluding diaryl/α,β-unsaturated/α-hetero) is 1. The predicted octanol–water partition coefficient (Wildman–Crippen LogP) is 0.817. The molecule has 0 aliphatic carbocycles. The summed E-state index contributed by atoms with van der Waals surface area (Å²) in [6.07, 6.45) is 1.45. The van der Waals surface area contributed by atoms with Crippen LogP contribution in [0.15, 0.2) is 12.3 Å². The largest absolute Gasteiger partial charge is 0.480 e. The number of ketones is 1. The second-order valence-corrected chi connectivity index (χ2v) is 4.99. The molecule has 1 atom stereocenters. The van der Waals surface area contributed by atoms with Crippen molar-refractivity contribution in [2.75, 3.05) is 11.6 Å². The lowest BCUT2D eigenvalue weighted by Crippen LogP contribution is -2.41. The van der Waals surface area contributed by atoms with E-state index >= 15 is 0 Å². The summed E-state index contributed by atoms with van der Waals surface area (Å²) < 4.78 is 0. The van der Waals surface area contributed by atoms with Crippen molar-refractivity contribution in [1.82, 2.24) is 9.88 Å². The number of nitrogens with one attached hydrogen (secondary N) is 1. The van der Waals surface area contributed by atoms with Crippen molar-refractivity contribution >= 4 is 29.4 Å². The topological polar surface area (TPSA) is 90.5 Å². The zero-order valence-electron chi connectivity index (χ0n) is 9.67. The summed E-state index contributed by atoms with van der Waals surface area (Å²) in [5.74, 6) is -0.798. The lowest BCUT2D eigenvalue weighted by molar-refractivity contribution is -0.140. The smallest absolute Gasteiger partial charge is 0.327 e. The highest BCUT2D eigenvalue weighted by Gasteiger charge is 2.35. The molecular weight excluding hydrogens is 256 g/mol. The highest BCUT2D eigenvalue weighted by atomic mass is 32.2. The number of carboxylic acids is 1. The number of aromatic nitrogens is 1. The quantitative estimate of drug-likeness (QED) is 0.792. The molecule has 1 saturated heterocycles. The van der Waals surface area contributed by atoms with Crippen molar-refractivity contribution in [1.29, 1.82) is 0 Å². The van der Waals surface area contributed by atoms with E-state index in [9.17, 15) is 14.4 Å². The first-order valence-electron chi connectivity index (χ1n) is 5.31. The van der Waals surface area contributed by atoms with E-state index in [4.69, 9.17) is 5.11 Å². The summed E-state index contributed by atoms with van der Waals surface area (Å²) in [6.45, 7) is 1.41. The van der Waals surface area contributed by atoms with E-state index in [1.807, 2.05) is 0 Å². The van der Waals surface area contributed by atoms with E-state index in [2.05, 4.69) is 4.98 Å². The molecule has 0 spiro atoms. The molecule has 0 aromatic carbocycles. The van der Waals surface area contributed by atoms with Gasteiger partial charge in [-0.2, -0.15) is 0 Å². The number of hydrogen-bond acceptors (Lipinski definition) is 4. The van der Waals surface area contributed by atoms with Gasteiger partial charge in [0, 0.05) is 17.5 Å². The Kier molecular flexibility index (Phi) is 3.42. The van der Waals surface area contributed by atoms with Gasteiger partial charge in [-0.25, -0.2) is 4.79 Å². The van der Waals surface area contributed by atoms with Crippen LogP contribution in [0.1, 0.15) is 27.8 Å². The first kappa shape index (κ1) is 12.7. The highest BCUT2D eigenvalue weighted by molar-refractivity contribution is 7.99. The monoisotopic (exact) mass is 268 g/mol. The van der Waals surface area contributed by atoms with Gasteiger partial charge in [0.25, 0.3) is 5.91 Å². The number of H-pyrrole nitrogens is 1. The number of hydrogen-bond donors (Lipinski definition) is 2. The van der Waals surface area contributed by atoms with Crippen LogP contribution in [-0.4, -0.2) is 50.3 Å². The van der Waals surface area contributed by atoms with Crippen LogP contribution in [0.2, 0.25) is 0 Å². The van der Waals surface area contributed by atoms with Crippen molar-refractivity contribution in [2.45, 2.75) is 13.0 Å². The van der Waals surface area contributed by atoms with Crippen molar-refractivity contribution in [3.05, 3.63) is 23.5 Å². The number of amides is 1. The molecule has 0 radical (unpaired) electrons. The fourth-order valence-corrected chi connectivity index (χ4v) is 2.87. The van der Waals surface area contributed by atoms with E-state index < -0.39 is 12.0 Å². The first-order valence-corrected chi connectivity index (χ1v) is 6.47. The Balaban J connectivity index is 2.20. The summed E-state index contributed by atoms with van der Waals surface area (Å²) in [4.78, 5) is 38.2. The van der Waals surface area contributed by atoms with Crippen molar-refractivity contribution < 1.29 is 19.5 Å². The van der Waals surface area contributed by atoms with E-state index in [1.54, 1.807) is 0 Å². The normalized spacial score (nSPS) is 18.9. The summed E-state index contributed by atoms with van der Waals surface area (Å²) in [7, 11) is 0. The molecule has 1 unspecified atom stereocenters. The van der Waals surface area contributed by atoms with Gasteiger partial charge in [-0.05, 0) is 13.0 Å². The van der Waals surface area contributed by atoms with E-state index in [-0.39, 0.29) is 17.4 Å². The number of aliphatic carboxylic acids is 1. The molecule has 18 heavy (non-hydrogen) atoms. The molecular formula is C11H12N2O4S. The van der Waals surface area contributed by atoms with Crippen LogP contribution in [0.25, 0.3) is 0 Å². The third-order valence-corrected chi connectivity index (χ3v) is 3.76. The predicted molar refractivity (Wildman–Crippen MR) is 65.7 cm³/mol. The minimum absolute atomic E-state index is 0.143. The fraction of sp³-hybridized carbons (Fsp3) is 0.364. The SMILES string of the molecule is CC(=O)c1c[nH]c(C(=O)N2CSCC2C(=O)O)c1. The number of aromatic amines is 1. The maximum Gasteiger partial charge on any atom is 0.327 e. The standard InChI is InChI=1S/C11H12N2O4S/c1-6(14)7-2-8(12-3-7)10(15)13-5-18-4-9(13)11(16)17/h2-3,9,12H,4-5H2,1H3,(H,16,17). The Morgan fingerprint density at radius 3 is 2.78 bits per heavy atom. The molecule has 0 bridgehead atoms. The Morgan fingerprint density at radius 2 is 2.22 bits per heavy atom.